The molecule has 0 saturated heterocycles. The van der Waals surface area contributed by atoms with E-state index in [-0.39, 0.29) is 5.54 Å². The lowest BCUT2D eigenvalue weighted by Crippen LogP contribution is -2.43. The minimum Gasteiger partial charge on any atom is -0.300 e. The van der Waals surface area contributed by atoms with Gasteiger partial charge in [-0.05, 0) is 32.2 Å². The maximum absolute atomic E-state index is 9.07. The van der Waals surface area contributed by atoms with Crippen LogP contribution in [0.25, 0.3) is 0 Å². The number of nitriles is 1. The first kappa shape index (κ1) is 10.5. The summed E-state index contributed by atoms with van der Waals surface area (Å²) in [6.07, 6.45) is 6.14. The van der Waals surface area contributed by atoms with Crippen LogP contribution in [-0.4, -0.2) is 12.1 Å². The lowest BCUT2D eigenvalue weighted by Gasteiger charge is -2.33. The van der Waals surface area contributed by atoms with E-state index in [1.54, 1.807) is 0 Å². The van der Waals surface area contributed by atoms with Crippen molar-refractivity contribution in [3.8, 4) is 6.07 Å². The van der Waals surface area contributed by atoms with E-state index in [0.29, 0.717) is 0 Å². The first-order chi connectivity index (χ1) is 6.20. The summed E-state index contributed by atoms with van der Waals surface area (Å²) in [4.78, 5) is 0. The van der Waals surface area contributed by atoms with Gasteiger partial charge in [0.15, 0.2) is 0 Å². The molecule has 0 amide bonds. The quantitative estimate of drug-likeness (QED) is 0.705. The molecule has 0 heterocycles. The molecule has 74 valence electrons. The second-order valence-corrected chi connectivity index (χ2v) is 4.37. The molecule has 1 atom stereocenters. The van der Waals surface area contributed by atoms with Gasteiger partial charge < -0.3 is 0 Å². The fourth-order valence-corrected chi connectivity index (χ4v) is 1.83. The van der Waals surface area contributed by atoms with Crippen molar-refractivity contribution in [3.05, 3.63) is 0 Å². The predicted octanol–water partition coefficient (Wildman–Crippen LogP) is 2.46. The lowest BCUT2D eigenvalue weighted by atomic mass is 9.77. The van der Waals surface area contributed by atoms with Crippen LogP contribution in [0.1, 0.15) is 46.0 Å². The lowest BCUT2D eigenvalue weighted by molar-refractivity contribution is 0.237. The summed E-state index contributed by atoms with van der Waals surface area (Å²) in [5.74, 6) is 0.800. The van der Waals surface area contributed by atoms with E-state index in [1.165, 1.54) is 19.3 Å². The molecule has 1 unspecified atom stereocenters. The fraction of sp³-hybridized carbons (Fsp3) is 0.909. The maximum atomic E-state index is 9.07. The molecule has 1 fully saturated rings. The average molecular weight is 180 g/mol. The van der Waals surface area contributed by atoms with Gasteiger partial charge in [0.25, 0.3) is 0 Å². The Balaban J connectivity index is 2.33. The van der Waals surface area contributed by atoms with E-state index in [2.05, 4.69) is 18.3 Å². The molecule has 2 nitrogen and oxygen atoms in total. The fourth-order valence-electron chi connectivity index (χ4n) is 1.83. The second kappa shape index (κ2) is 4.62. The zero-order chi connectivity index (χ0) is 9.73. The van der Waals surface area contributed by atoms with Crippen molar-refractivity contribution in [1.29, 1.82) is 5.26 Å². The van der Waals surface area contributed by atoms with E-state index in [1.807, 2.05) is 6.92 Å². The number of hydrogen-bond donors (Lipinski definition) is 1. The van der Waals surface area contributed by atoms with E-state index >= 15 is 0 Å². The highest BCUT2D eigenvalue weighted by atomic mass is 15.0. The molecule has 1 N–H and O–H groups in total. The van der Waals surface area contributed by atoms with Crippen LogP contribution >= 0.6 is 0 Å². The van der Waals surface area contributed by atoms with Crippen LogP contribution in [0.5, 0.6) is 0 Å². The number of rotatable bonds is 5. The Kier molecular flexibility index (Phi) is 3.74. The van der Waals surface area contributed by atoms with Crippen molar-refractivity contribution >= 4 is 0 Å². The molecule has 13 heavy (non-hydrogen) atoms. The molecule has 1 saturated carbocycles. The second-order valence-electron chi connectivity index (χ2n) is 4.37. The Morgan fingerprint density at radius 2 is 2.23 bits per heavy atom. The summed E-state index contributed by atoms with van der Waals surface area (Å²) in [5.41, 5.74) is -0.277. The molecule has 1 aliphatic carbocycles. The summed E-state index contributed by atoms with van der Waals surface area (Å²) in [6, 6.07) is 2.40. The molecule has 0 bridgehead atoms. The van der Waals surface area contributed by atoms with Crippen LogP contribution in [-0.2, 0) is 0 Å². The van der Waals surface area contributed by atoms with Crippen LogP contribution < -0.4 is 5.32 Å². The summed E-state index contributed by atoms with van der Waals surface area (Å²) < 4.78 is 0. The topological polar surface area (TPSA) is 35.8 Å². The summed E-state index contributed by atoms with van der Waals surface area (Å²) in [7, 11) is 0. The number of nitrogens with one attached hydrogen (secondary N) is 1. The highest BCUT2D eigenvalue weighted by Crippen LogP contribution is 2.33. The van der Waals surface area contributed by atoms with Gasteiger partial charge in [-0.3, -0.25) is 5.32 Å². The largest absolute Gasteiger partial charge is 0.300 e. The van der Waals surface area contributed by atoms with E-state index < -0.39 is 0 Å². The smallest absolute Gasteiger partial charge is 0.104 e. The van der Waals surface area contributed by atoms with Gasteiger partial charge in [-0.25, -0.2) is 0 Å². The molecule has 0 radical (unpaired) electrons. The van der Waals surface area contributed by atoms with Gasteiger partial charge in [0.05, 0.1) is 6.07 Å². The third-order valence-corrected chi connectivity index (χ3v) is 2.93. The molecule has 0 aliphatic heterocycles. The average Bonchev–Trinajstić information content (AvgIpc) is 2.08. The number of nitrogens with zero attached hydrogens (tertiary/aromatic N) is 1. The molecule has 0 spiro atoms. The Bertz CT molecular complexity index is 191. The third-order valence-electron chi connectivity index (χ3n) is 2.93. The van der Waals surface area contributed by atoms with E-state index in [9.17, 15) is 0 Å². The van der Waals surface area contributed by atoms with Gasteiger partial charge in [0.1, 0.15) is 5.54 Å². The van der Waals surface area contributed by atoms with Crippen molar-refractivity contribution in [2.75, 3.05) is 6.54 Å². The van der Waals surface area contributed by atoms with Gasteiger partial charge in [-0.1, -0.05) is 26.2 Å². The van der Waals surface area contributed by atoms with Gasteiger partial charge in [0, 0.05) is 0 Å². The maximum Gasteiger partial charge on any atom is 0.104 e. The van der Waals surface area contributed by atoms with Gasteiger partial charge in [0.2, 0.25) is 0 Å². The van der Waals surface area contributed by atoms with Crippen molar-refractivity contribution in [2.24, 2.45) is 5.92 Å². The van der Waals surface area contributed by atoms with Crippen molar-refractivity contribution in [1.82, 2.24) is 5.32 Å². The van der Waals surface area contributed by atoms with Crippen LogP contribution in [0, 0.1) is 17.2 Å². The van der Waals surface area contributed by atoms with Crippen molar-refractivity contribution in [3.63, 3.8) is 0 Å². The summed E-state index contributed by atoms with van der Waals surface area (Å²) in [6.45, 7) is 5.12. The molecule has 0 aromatic carbocycles. The van der Waals surface area contributed by atoms with Crippen LogP contribution in [0.3, 0.4) is 0 Å². The molecular weight excluding hydrogens is 160 g/mol. The van der Waals surface area contributed by atoms with Crippen LogP contribution in [0.4, 0.5) is 0 Å². The molecule has 0 aromatic heterocycles. The van der Waals surface area contributed by atoms with Crippen molar-refractivity contribution < 1.29 is 0 Å². The van der Waals surface area contributed by atoms with E-state index in [0.717, 1.165) is 25.3 Å². The zero-order valence-corrected chi connectivity index (χ0v) is 8.77. The van der Waals surface area contributed by atoms with Crippen LogP contribution in [0.15, 0.2) is 0 Å². The standard InChI is InChI=1S/C11H20N2/c1-3-7-13-11(2,9-12)8-10-5-4-6-10/h10,13H,3-8H2,1-2H3. The first-order valence-electron chi connectivity index (χ1n) is 5.36. The van der Waals surface area contributed by atoms with Gasteiger partial charge >= 0.3 is 0 Å². The highest BCUT2D eigenvalue weighted by Gasteiger charge is 2.30. The SMILES string of the molecule is CCCNC(C)(C#N)CC1CCC1. The van der Waals surface area contributed by atoms with Crippen LogP contribution in [0.2, 0.25) is 0 Å². The minimum absolute atomic E-state index is 0.277. The zero-order valence-electron chi connectivity index (χ0n) is 8.77. The van der Waals surface area contributed by atoms with Gasteiger partial charge in [-0.15, -0.1) is 0 Å². The normalized spacial score (nSPS) is 21.6. The monoisotopic (exact) mass is 180 g/mol. The molecular formula is C11H20N2. The molecule has 0 aromatic rings. The van der Waals surface area contributed by atoms with Gasteiger partial charge in [-0.2, -0.15) is 5.26 Å². The minimum atomic E-state index is -0.277. The third kappa shape index (κ3) is 3.00. The Morgan fingerprint density at radius 1 is 1.54 bits per heavy atom. The molecule has 1 aliphatic rings. The summed E-state index contributed by atoms with van der Waals surface area (Å²) >= 11 is 0. The molecule has 1 rings (SSSR count). The Morgan fingerprint density at radius 3 is 2.62 bits per heavy atom. The Labute approximate surface area is 81.3 Å². The van der Waals surface area contributed by atoms with E-state index in [4.69, 9.17) is 5.26 Å². The van der Waals surface area contributed by atoms with Crippen molar-refractivity contribution in [2.45, 2.75) is 51.5 Å². The molecule has 2 heteroatoms. The first-order valence-corrected chi connectivity index (χ1v) is 5.36. The predicted molar refractivity (Wildman–Crippen MR) is 54.3 cm³/mol. The Hall–Kier alpha value is -0.550. The summed E-state index contributed by atoms with van der Waals surface area (Å²) in [5, 5.41) is 12.4. The highest BCUT2D eigenvalue weighted by molar-refractivity contribution is 5.05. The number of hydrogen-bond acceptors (Lipinski definition) is 2.